The van der Waals surface area contributed by atoms with Crippen molar-refractivity contribution < 1.29 is 19.1 Å². The molecule has 7 heteroatoms. The van der Waals surface area contributed by atoms with E-state index in [1.807, 2.05) is 24.3 Å². The molecule has 0 unspecified atom stereocenters. The van der Waals surface area contributed by atoms with Crippen molar-refractivity contribution in [1.29, 1.82) is 0 Å². The van der Waals surface area contributed by atoms with Crippen molar-refractivity contribution in [1.82, 2.24) is 5.32 Å². The van der Waals surface area contributed by atoms with Gasteiger partial charge >= 0.3 is 5.97 Å². The van der Waals surface area contributed by atoms with Gasteiger partial charge in [0.05, 0.1) is 0 Å². The van der Waals surface area contributed by atoms with Crippen molar-refractivity contribution in [2.24, 2.45) is 5.73 Å². The molecular formula is C18H17BrN2O4. The Morgan fingerprint density at radius 2 is 1.84 bits per heavy atom. The normalized spacial score (nSPS) is 11.4. The highest BCUT2D eigenvalue weighted by atomic mass is 79.9. The van der Waals surface area contributed by atoms with Crippen LogP contribution in [-0.2, 0) is 16.0 Å². The minimum absolute atomic E-state index is 0.284. The third-order valence-corrected chi connectivity index (χ3v) is 3.85. The van der Waals surface area contributed by atoms with E-state index in [-0.39, 0.29) is 6.42 Å². The first-order valence-corrected chi connectivity index (χ1v) is 8.27. The van der Waals surface area contributed by atoms with E-state index in [0.29, 0.717) is 11.3 Å². The van der Waals surface area contributed by atoms with Gasteiger partial charge < -0.3 is 15.8 Å². The summed E-state index contributed by atoms with van der Waals surface area (Å²) in [5, 5.41) is 2.62. The molecule has 0 saturated heterocycles. The quantitative estimate of drug-likeness (QED) is 0.569. The van der Waals surface area contributed by atoms with Crippen LogP contribution in [0, 0.1) is 0 Å². The Bertz CT molecular complexity index is 790. The van der Waals surface area contributed by atoms with Crippen LogP contribution in [0.1, 0.15) is 22.8 Å². The van der Waals surface area contributed by atoms with Gasteiger partial charge in [-0.25, -0.2) is 0 Å². The Hall–Kier alpha value is -2.67. The zero-order valence-corrected chi connectivity index (χ0v) is 15.1. The molecule has 0 bridgehead atoms. The number of esters is 1. The van der Waals surface area contributed by atoms with Crippen molar-refractivity contribution in [3.8, 4) is 5.75 Å². The van der Waals surface area contributed by atoms with Gasteiger partial charge in [0.15, 0.2) is 0 Å². The maximum atomic E-state index is 12.3. The number of carbonyl (C=O) groups excluding carboxylic acids is 3. The summed E-state index contributed by atoms with van der Waals surface area (Å²) >= 11 is 3.36. The van der Waals surface area contributed by atoms with Crippen LogP contribution in [0.4, 0.5) is 0 Å². The molecule has 2 aromatic rings. The van der Waals surface area contributed by atoms with Crippen LogP contribution in [-0.4, -0.2) is 23.8 Å². The van der Waals surface area contributed by atoms with Crippen LogP contribution >= 0.6 is 15.9 Å². The van der Waals surface area contributed by atoms with Crippen LogP contribution in [0.25, 0.3) is 0 Å². The molecule has 6 nitrogen and oxygen atoms in total. The van der Waals surface area contributed by atoms with E-state index in [0.717, 1.165) is 10.0 Å². The Labute approximate surface area is 153 Å². The topological polar surface area (TPSA) is 98.5 Å². The number of primary amides is 1. The van der Waals surface area contributed by atoms with E-state index in [1.54, 1.807) is 0 Å². The summed E-state index contributed by atoms with van der Waals surface area (Å²) in [4.78, 5) is 34.9. The Morgan fingerprint density at radius 3 is 2.40 bits per heavy atom. The average Bonchev–Trinajstić information content (AvgIpc) is 2.54. The maximum Gasteiger partial charge on any atom is 0.308 e. The summed E-state index contributed by atoms with van der Waals surface area (Å²) in [5.74, 6) is -1.16. The van der Waals surface area contributed by atoms with Crippen LogP contribution in [0.15, 0.2) is 53.0 Å². The fourth-order valence-electron chi connectivity index (χ4n) is 2.20. The van der Waals surface area contributed by atoms with Crippen molar-refractivity contribution in [2.45, 2.75) is 19.4 Å². The van der Waals surface area contributed by atoms with Gasteiger partial charge in [0, 0.05) is 23.4 Å². The molecule has 1 atom stereocenters. The predicted molar refractivity (Wildman–Crippen MR) is 96.0 cm³/mol. The lowest BCUT2D eigenvalue weighted by atomic mass is 10.0. The second-order valence-corrected chi connectivity index (χ2v) is 6.30. The van der Waals surface area contributed by atoms with Gasteiger partial charge in [-0.1, -0.05) is 28.1 Å². The highest BCUT2D eigenvalue weighted by molar-refractivity contribution is 9.10. The van der Waals surface area contributed by atoms with E-state index in [1.165, 1.54) is 31.2 Å². The van der Waals surface area contributed by atoms with Gasteiger partial charge in [-0.15, -0.1) is 0 Å². The summed E-state index contributed by atoms with van der Waals surface area (Å²) in [5.41, 5.74) is 6.60. The molecule has 0 aliphatic heterocycles. The number of hydrogen-bond donors (Lipinski definition) is 2. The van der Waals surface area contributed by atoms with E-state index >= 15 is 0 Å². The first-order valence-electron chi connectivity index (χ1n) is 7.48. The fraction of sp³-hybridized carbons (Fsp3) is 0.167. The van der Waals surface area contributed by atoms with Crippen LogP contribution in [0.3, 0.4) is 0 Å². The molecule has 130 valence electrons. The molecule has 2 aromatic carbocycles. The van der Waals surface area contributed by atoms with Crippen LogP contribution in [0.5, 0.6) is 5.75 Å². The summed E-state index contributed by atoms with van der Waals surface area (Å²) in [6, 6.07) is 12.6. The zero-order valence-electron chi connectivity index (χ0n) is 13.5. The summed E-state index contributed by atoms with van der Waals surface area (Å²) in [7, 11) is 0. The predicted octanol–water partition coefficient (Wildman–Crippen LogP) is 2.20. The van der Waals surface area contributed by atoms with E-state index in [4.69, 9.17) is 10.5 Å². The van der Waals surface area contributed by atoms with Crippen molar-refractivity contribution in [2.75, 3.05) is 0 Å². The molecule has 0 heterocycles. The molecule has 3 N–H and O–H groups in total. The Balaban J connectivity index is 2.07. The average molecular weight is 405 g/mol. The zero-order chi connectivity index (χ0) is 18.4. The van der Waals surface area contributed by atoms with E-state index in [2.05, 4.69) is 21.2 Å². The fourth-order valence-corrected chi connectivity index (χ4v) is 2.65. The summed E-state index contributed by atoms with van der Waals surface area (Å²) < 4.78 is 5.78. The van der Waals surface area contributed by atoms with Gasteiger partial charge in [0.1, 0.15) is 11.8 Å². The smallest absolute Gasteiger partial charge is 0.308 e. The third-order valence-electron chi connectivity index (χ3n) is 3.36. The minimum atomic E-state index is -0.838. The molecule has 0 spiro atoms. The second-order valence-electron chi connectivity index (χ2n) is 5.38. The highest BCUT2D eigenvalue weighted by Crippen LogP contribution is 2.15. The first-order chi connectivity index (χ1) is 11.8. The maximum absolute atomic E-state index is 12.3. The number of ether oxygens (including phenoxy) is 1. The number of halogens is 1. The van der Waals surface area contributed by atoms with Crippen molar-refractivity contribution >= 4 is 33.7 Å². The summed E-state index contributed by atoms with van der Waals surface area (Å²) in [6.45, 7) is 1.29. The number of carbonyl (C=O) groups is 3. The molecular weight excluding hydrogens is 388 g/mol. The molecule has 2 amide bonds. The van der Waals surface area contributed by atoms with Gasteiger partial charge in [-0.2, -0.15) is 0 Å². The SMILES string of the molecule is CC(=O)Oc1ccc(C(=O)N[C@H](Cc2cccc(Br)c2)C(N)=O)cc1. The number of benzene rings is 2. The Kier molecular flexibility index (Phi) is 6.30. The molecule has 0 aromatic heterocycles. The molecule has 0 saturated carbocycles. The van der Waals surface area contributed by atoms with Gasteiger partial charge in [-0.05, 0) is 42.0 Å². The van der Waals surface area contributed by atoms with Crippen molar-refractivity contribution in [3.05, 3.63) is 64.1 Å². The third kappa shape index (κ3) is 5.72. The summed E-state index contributed by atoms with van der Waals surface area (Å²) in [6.07, 6.45) is 0.284. The standard InChI is InChI=1S/C18H17BrN2O4/c1-11(22)25-15-7-5-13(6-8-15)18(24)21-16(17(20)23)10-12-3-2-4-14(19)9-12/h2-9,16H,10H2,1H3,(H2,20,23)(H,21,24)/t16-/m1/s1. The number of hydrogen-bond acceptors (Lipinski definition) is 4. The number of amides is 2. The van der Waals surface area contributed by atoms with Crippen LogP contribution < -0.4 is 15.8 Å². The number of rotatable bonds is 6. The van der Waals surface area contributed by atoms with E-state index < -0.39 is 23.8 Å². The number of nitrogens with two attached hydrogens (primary N) is 1. The lowest BCUT2D eigenvalue weighted by Crippen LogP contribution is -2.45. The minimum Gasteiger partial charge on any atom is -0.427 e. The monoisotopic (exact) mass is 404 g/mol. The van der Waals surface area contributed by atoms with Gasteiger partial charge in [0.2, 0.25) is 5.91 Å². The van der Waals surface area contributed by atoms with Crippen LogP contribution in [0.2, 0.25) is 0 Å². The Morgan fingerprint density at radius 1 is 1.16 bits per heavy atom. The van der Waals surface area contributed by atoms with Crippen molar-refractivity contribution in [3.63, 3.8) is 0 Å². The molecule has 0 fully saturated rings. The molecule has 2 rings (SSSR count). The molecule has 25 heavy (non-hydrogen) atoms. The lowest BCUT2D eigenvalue weighted by molar-refractivity contribution is -0.131. The van der Waals surface area contributed by atoms with Gasteiger partial charge in [-0.3, -0.25) is 14.4 Å². The van der Waals surface area contributed by atoms with Gasteiger partial charge in [0.25, 0.3) is 5.91 Å². The lowest BCUT2D eigenvalue weighted by Gasteiger charge is -2.16. The highest BCUT2D eigenvalue weighted by Gasteiger charge is 2.19. The number of nitrogens with one attached hydrogen (secondary N) is 1. The second kappa shape index (κ2) is 8.43. The molecule has 0 aliphatic carbocycles. The largest absolute Gasteiger partial charge is 0.427 e. The molecule has 0 radical (unpaired) electrons. The molecule has 0 aliphatic rings. The first kappa shape index (κ1) is 18.7. The van der Waals surface area contributed by atoms with E-state index in [9.17, 15) is 14.4 Å².